The standard InChI is InChI=1S/C7H8N2O3S/c10-4-2-1-3-6-8-5-7(13-6)9(11)12/h1,3,5,10H,2,4H2. The molecular formula is C7H8N2O3S. The van der Waals surface area contributed by atoms with Crippen molar-refractivity contribution in [2.75, 3.05) is 6.61 Å². The van der Waals surface area contributed by atoms with E-state index in [2.05, 4.69) is 4.98 Å². The Bertz CT molecular complexity index is 321. The molecule has 0 unspecified atom stereocenters. The summed E-state index contributed by atoms with van der Waals surface area (Å²) >= 11 is 1.01. The molecule has 0 bridgehead atoms. The van der Waals surface area contributed by atoms with Crippen molar-refractivity contribution >= 4 is 22.4 Å². The van der Waals surface area contributed by atoms with Gasteiger partial charge in [0, 0.05) is 6.61 Å². The number of aromatic nitrogens is 1. The molecule has 5 nitrogen and oxygen atoms in total. The number of hydrogen-bond donors (Lipinski definition) is 1. The maximum atomic E-state index is 10.3. The van der Waals surface area contributed by atoms with Crippen molar-refractivity contribution in [1.29, 1.82) is 0 Å². The minimum Gasteiger partial charge on any atom is -0.396 e. The highest BCUT2D eigenvalue weighted by Crippen LogP contribution is 2.21. The first-order valence-electron chi connectivity index (χ1n) is 3.61. The molecule has 13 heavy (non-hydrogen) atoms. The summed E-state index contributed by atoms with van der Waals surface area (Å²) in [6.45, 7) is 0.0734. The third-order valence-electron chi connectivity index (χ3n) is 1.25. The SMILES string of the molecule is O=[N+]([O-])c1cnc(C=CCCO)s1. The topological polar surface area (TPSA) is 76.3 Å². The number of thiazole rings is 1. The van der Waals surface area contributed by atoms with Crippen molar-refractivity contribution in [3.63, 3.8) is 0 Å². The van der Waals surface area contributed by atoms with Gasteiger partial charge in [-0.1, -0.05) is 6.08 Å². The molecule has 0 atom stereocenters. The Morgan fingerprint density at radius 2 is 2.54 bits per heavy atom. The van der Waals surface area contributed by atoms with Crippen LogP contribution in [-0.4, -0.2) is 21.6 Å². The summed E-state index contributed by atoms with van der Waals surface area (Å²) in [6, 6.07) is 0. The average Bonchev–Trinajstić information content (AvgIpc) is 2.53. The van der Waals surface area contributed by atoms with Crippen LogP contribution in [-0.2, 0) is 0 Å². The lowest BCUT2D eigenvalue weighted by Crippen LogP contribution is -1.80. The summed E-state index contributed by atoms with van der Waals surface area (Å²) in [4.78, 5) is 13.6. The van der Waals surface area contributed by atoms with Gasteiger partial charge in [0.05, 0.1) is 4.92 Å². The second-order valence-electron chi connectivity index (χ2n) is 2.21. The van der Waals surface area contributed by atoms with E-state index in [1.54, 1.807) is 12.2 Å². The second-order valence-corrected chi connectivity index (χ2v) is 3.25. The van der Waals surface area contributed by atoms with Crippen LogP contribution in [0.3, 0.4) is 0 Å². The zero-order valence-electron chi connectivity index (χ0n) is 6.71. The lowest BCUT2D eigenvalue weighted by Gasteiger charge is -1.82. The number of hydrogen-bond acceptors (Lipinski definition) is 5. The van der Waals surface area contributed by atoms with Crippen molar-refractivity contribution < 1.29 is 10.0 Å². The zero-order valence-corrected chi connectivity index (χ0v) is 7.53. The monoisotopic (exact) mass is 200 g/mol. The van der Waals surface area contributed by atoms with Crippen LogP contribution >= 0.6 is 11.3 Å². The number of nitro groups is 1. The van der Waals surface area contributed by atoms with Crippen LogP contribution in [0.2, 0.25) is 0 Å². The van der Waals surface area contributed by atoms with E-state index in [0.717, 1.165) is 11.3 Å². The van der Waals surface area contributed by atoms with Crippen molar-refractivity contribution in [3.05, 3.63) is 27.4 Å². The third-order valence-corrected chi connectivity index (χ3v) is 2.16. The van der Waals surface area contributed by atoms with Crippen LogP contribution in [0.25, 0.3) is 6.08 Å². The minimum atomic E-state index is -0.471. The molecule has 0 fully saturated rings. The van der Waals surface area contributed by atoms with Gasteiger partial charge in [-0.25, -0.2) is 4.98 Å². The predicted octanol–water partition coefficient (Wildman–Crippen LogP) is 1.45. The van der Waals surface area contributed by atoms with Crippen molar-refractivity contribution in [2.24, 2.45) is 0 Å². The van der Waals surface area contributed by atoms with E-state index in [1.807, 2.05) is 0 Å². The largest absolute Gasteiger partial charge is 0.396 e. The first-order chi connectivity index (χ1) is 6.24. The van der Waals surface area contributed by atoms with Crippen molar-refractivity contribution in [2.45, 2.75) is 6.42 Å². The van der Waals surface area contributed by atoms with E-state index in [4.69, 9.17) is 5.11 Å². The summed E-state index contributed by atoms with van der Waals surface area (Å²) in [5.74, 6) is 0. The lowest BCUT2D eigenvalue weighted by molar-refractivity contribution is -0.380. The van der Waals surface area contributed by atoms with Gasteiger partial charge in [-0.3, -0.25) is 10.1 Å². The van der Waals surface area contributed by atoms with Gasteiger partial charge in [0.25, 0.3) is 0 Å². The number of aliphatic hydroxyl groups is 1. The molecule has 0 radical (unpaired) electrons. The molecule has 0 saturated heterocycles. The van der Waals surface area contributed by atoms with Gasteiger partial charge in [-0.2, -0.15) is 0 Å². The van der Waals surface area contributed by atoms with Gasteiger partial charge in [0.1, 0.15) is 11.2 Å². The van der Waals surface area contributed by atoms with Crippen LogP contribution in [0.5, 0.6) is 0 Å². The first kappa shape index (κ1) is 9.82. The van der Waals surface area contributed by atoms with Crippen LogP contribution in [0, 0.1) is 10.1 Å². The summed E-state index contributed by atoms with van der Waals surface area (Å²) in [7, 11) is 0. The fourth-order valence-electron chi connectivity index (χ4n) is 0.699. The molecule has 1 heterocycles. The Morgan fingerprint density at radius 1 is 1.77 bits per heavy atom. The molecule has 70 valence electrons. The van der Waals surface area contributed by atoms with E-state index < -0.39 is 4.92 Å². The molecule has 0 saturated carbocycles. The Hall–Kier alpha value is -1.27. The van der Waals surface area contributed by atoms with Gasteiger partial charge < -0.3 is 5.11 Å². The van der Waals surface area contributed by atoms with Crippen LogP contribution in [0.1, 0.15) is 11.4 Å². The molecule has 6 heteroatoms. The molecule has 0 aromatic carbocycles. The normalized spacial score (nSPS) is 10.8. The highest BCUT2D eigenvalue weighted by atomic mass is 32.1. The summed E-state index contributed by atoms with van der Waals surface area (Å²) < 4.78 is 0. The molecule has 0 aliphatic rings. The molecule has 0 aliphatic heterocycles. The molecule has 0 amide bonds. The number of aliphatic hydroxyl groups excluding tert-OH is 1. The van der Waals surface area contributed by atoms with E-state index in [-0.39, 0.29) is 11.6 Å². The van der Waals surface area contributed by atoms with Crippen LogP contribution in [0.4, 0.5) is 5.00 Å². The summed E-state index contributed by atoms with van der Waals surface area (Å²) in [5.41, 5.74) is 0. The van der Waals surface area contributed by atoms with Gasteiger partial charge in [0.2, 0.25) is 0 Å². The van der Waals surface area contributed by atoms with Crippen molar-refractivity contribution in [1.82, 2.24) is 4.98 Å². The average molecular weight is 200 g/mol. The number of nitrogens with zero attached hydrogens (tertiary/aromatic N) is 2. The molecule has 1 aromatic rings. The quantitative estimate of drug-likeness (QED) is 0.589. The first-order valence-corrected chi connectivity index (χ1v) is 4.43. The minimum absolute atomic E-state index is 0.0312. The Balaban J connectivity index is 2.64. The molecule has 1 rings (SSSR count). The molecule has 0 aliphatic carbocycles. The lowest BCUT2D eigenvalue weighted by atomic mass is 10.4. The highest BCUT2D eigenvalue weighted by molar-refractivity contribution is 7.15. The van der Waals surface area contributed by atoms with Gasteiger partial charge in [-0.15, -0.1) is 0 Å². The molecule has 0 spiro atoms. The fraction of sp³-hybridized carbons (Fsp3) is 0.286. The maximum Gasteiger partial charge on any atom is 0.344 e. The van der Waals surface area contributed by atoms with Crippen LogP contribution < -0.4 is 0 Å². The number of rotatable bonds is 4. The summed E-state index contributed by atoms with van der Waals surface area (Å²) in [5, 5.41) is 19.3. The van der Waals surface area contributed by atoms with Crippen LogP contribution in [0.15, 0.2) is 12.3 Å². The second kappa shape index (κ2) is 4.68. The van der Waals surface area contributed by atoms with Gasteiger partial charge in [0.15, 0.2) is 0 Å². The predicted molar refractivity (Wildman–Crippen MR) is 49.5 cm³/mol. The smallest absolute Gasteiger partial charge is 0.344 e. The molecular weight excluding hydrogens is 192 g/mol. The maximum absolute atomic E-state index is 10.3. The van der Waals surface area contributed by atoms with E-state index in [0.29, 0.717) is 11.4 Å². The molecule has 1 N–H and O–H groups in total. The van der Waals surface area contributed by atoms with E-state index in [1.165, 1.54) is 6.20 Å². The van der Waals surface area contributed by atoms with E-state index >= 15 is 0 Å². The Labute approximate surface area is 78.5 Å². The third kappa shape index (κ3) is 2.92. The highest BCUT2D eigenvalue weighted by Gasteiger charge is 2.08. The Kier molecular flexibility index (Phi) is 3.53. The fourth-order valence-corrected chi connectivity index (χ4v) is 1.36. The van der Waals surface area contributed by atoms with Gasteiger partial charge in [-0.05, 0) is 23.8 Å². The van der Waals surface area contributed by atoms with E-state index in [9.17, 15) is 10.1 Å². The summed E-state index contributed by atoms with van der Waals surface area (Å²) in [6.07, 6.45) is 5.15. The Morgan fingerprint density at radius 3 is 3.08 bits per heavy atom. The van der Waals surface area contributed by atoms with Gasteiger partial charge >= 0.3 is 5.00 Å². The van der Waals surface area contributed by atoms with Crippen molar-refractivity contribution in [3.8, 4) is 0 Å². The zero-order chi connectivity index (χ0) is 9.68. The molecule has 1 aromatic heterocycles.